The summed E-state index contributed by atoms with van der Waals surface area (Å²) in [6.07, 6.45) is 3.38. The second-order valence-corrected chi connectivity index (χ2v) is 4.34. The van der Waals surface area contributed by atoms with Crippen LogP contribution < -0.4 is 4.74 Å². The van der Waals surface area contributed by atoms with E-state index in [1.165, 1.54) is 0 Å². The van der Waals surface area contributed by atoms with E-state index in [0.717, 1.165) is 28.0 Å². The highest BCUT2D eigenvalue weighted by molar-refractivity contribution is 7.71. The Morgan fingerprint density at radius 3 is 2.59 bits per heavy atom. The highest BCUT2D eigenvalue weighted by Gasteiger charge is 2.08. The quantitative estimate of drug-likeness (QED) is 0.825. The van der Waals surface area contributed by atoms with Crippen LogP contribution in [0.5, 0.6) is 5.75 Å². The molecule has 1 heterocycles. The summed E-state index contributed by atoms with van der Waals surface area (Å²) in [7, 11) is 1.68. The molecule has 0 amide bonds. The Bertz CT molecular complexity index is 605. The lowest BCUT2D eigenvalue weighted by atomic mass is 10.00. The van der Waals surface area contributed by atoms with Crippen LogP contribution in [-0.4, -0.2) is 17.1 Å². The first-order valence-corrected chi connectivity index (χ1v) is 5.72. The number of ether oxygens (including phenoxy) is 1. The molecule has 0 unspecified atom stereocenters. The molecule has 0 bridgehead atoms. The number of rotatable bonds is 2. The van der Waals surface area contributed by atoms with Gasteiger partial charge in [-0.15, -0.1) is 0 Å². The van der Waals surface area contributed by atoms with E-state index < -0.39 is 0 Å². The van der Waals surface area contributed by atoms with Gasteiger partial charge in [-0.1, -0.05) is 12.2 Å². The molecule has 0 saturated carbocycles. The number of hydrogen-bond donors (Lipinski definition) is 1. The van der Waals surface area contributed by atoms with E-state index >= 15 is 0 Å². The molecule has 0 aliphatic carbocycles. The van der Waals surface area contributed by atoms with Crippen LogP contribution in [0, 0.1) is 18.5 Å². The number of nitrogens with zero attached hydrogens (tertiary/aromatic N) is 1. The van der Waals surface area contributed by atoms with Crippen LogP contribution in [0.15, 0.2) is 24.7 Å². The van der Waals surface area contributed by atoms with Gasteiger partial charge in [0.05, 0.1) is 13.4 Å². The van der Waals surface area contributed by atoms with Gasteiger partial charge in [0.1, 0.15) is 10.4 Å². The number of aromatic amines is 1. The molecular weight excluding hydrogens is 232 g/mol. The SMILES string of the molecule is COc1cc(C)c(-c2cnc[nH]c2=S)cc1C. The molecule has 1 N–H and O–H groups in total. The third kappa shape index (κ3) is 2.22. The van der Waals surface area contributed by atoms with Crippen molar-refractivity contribution in [1.29, 1.82) is 0 Å². The first-order chi connectivity index (χ1) is 8.13. The Kier molecular flexibility index (Phi) is 3.24. The standard InChI is InChI=1S/C13H14N2OS/c1-8-5-12(16-3)9(2)4-10(8)11-6-14-7-15-13(11)17/h4-7H,1-3H3,(H,14,15,17). The van der Waals surface area contributed by atoms with Crippen molar-refractivity contribution in [1.82, 2.24) is 9.97 Å². The van der Waals surface area contributed by atoms with E-state index in [9.17, 15) is 0 Å². The fourth-order valence-electron chi connectivity index (χ4n) is 1.84. The fraction of sp³-hybridized carbons (Fsp3) is 0.231. The predicted molar refractivity (Wildman–Crippen MR) is 70.9 cm³/mol. The molecule has 0 fully saturated rings. The molecule has 2 rings (SSSR count). The monoisotopic (exact) mass is 246 g/mol. The van der Waals surface area contributed by atoms with E-state index in [0.29, 0.717) is 4.64 Å². The van der Waals surface area contributed by atoms with E-state index in [4.69, 9.17) is 17.0 Å². The summed E-state index contributed by atoms with van der Waals surface area (Å²) in [5, 5.41) is 0. The first kappa shape index (κ1) is 11.8. The highest BCUT2D eigenvalue weighted by atomic mass is 32.1. The van der Waals surface area contributed by atoms with Gasteiger partial charge in [-0.2, -0.15) is 0 Å². The molecule has 2 aromatic rings. The van der Waals surface area contributed by atoms with Crippen molar-refractivity contribution >= 4 is 12.2 Å². The van der Waals surface area contributed by atoms with Gasteiger partial charge in [0, 0.05) is 11.8 Å². The number of hydrogen-bond acceptors (Lipinski definition) is 3. The number of nitrogens with one attached hydrogen (secondary N) is 1. The van der Waals surface area contributed by atoms with Gasteiger partial charge in [0.25, 0.3) is 0 Å². The van der Waals surface area contributed by atoms with Crippen molar-refractivity contribution in [3.63, 3.8) is 0 Å². The maximum Gasteiger partial charge on any atom is 0.122 e. The Morgan fingerprint density at radius 2 is 1.94 bits per heavy atom. The normalized spacial score (nSPS) is 10.3. The first-order valence-electron chi connectivity index (χ1n) is 5.31. The molecule has 1 aromatic heterocycles. The van der Waals surface area contributed by atoms with Crippen LogP contribution in [0.1, 0.15) is 11.1 Å². The molecule has 0 saturated heterocycles. The highest BCUT2D eigenvalue weighted by Crippen LogP contribution is 2.29. The van der Waals surface area contributed by atoms with Crippen LogP contribution in [0.4, 0.5) is 0 Å². The summed E-state index contributed by atoms with van der Waals surface area (Å²) < 4.78 is 6.00. The Hall–Kier alpha value is -1.68. The van der Waals surface area contributed by atoms with Gasteiger partial charge in [0.15, 0.2) is 0 Å². The van der Waals surface area contributed by atoms with Crippen LogP contribution in [0.2, 0.25) is 0 Å². The summed E-state index contributed by atoms with van der Waals surface area (Å²) in [4.78, 5) is 7.03. The summed E-state index contributed by atoms with van der Waals surface area (Å²) in [6, 6.07) is 4.10. The minimum Gasteiger partial charge on any atom is -0.496 e. The Balaban J connectivity index is 2.65. The zero-order valence-corrected chi connectivity index (χ0v) is 10.9. The van der Waals surface area contributed by atoms with Gasteiger partial charge in [-0.05, 0) is 42.7 Å². The zero-order valence-electron chi connectivity index (χ0n) is 10.1. The lowest BCUT2D eigenvalue weighted by molar-refractivity contribution is 0.411. The lowest BCUT2D eigenvalue weighted by Crippen LogP contribution is -1.93. The van der Waals surface area contributed by atoms with Gasteiger partial charge in [-0.25, -0.2) is 4.98 Å². The number of methoxy groups -OCH3 is 1. The van der Waals surface area contributed by atoms with Crippen LogP contribution in [0.3, 0.4) is 0 Å². The van der Waals surface area contributed by atoms with Gasteiger partial charge < -0.3 is 9.72 Å². The molecule has 0 aliphatic rings. The molecule has 0 atom stereocenters. The molecule has 3 nitrogen and oxygen atoms in total. The predicted octanol–water partition coefficient (Wildman–Crippen LogP) is 3.43. The third-order valence-corrected chi connectivity index (χ3v) is 3.09. The zero-order chi connectivity index (χ0) is 12.4. The molecule has 0 radical (unpaired) electrons. The second kappa shape index (κ2) is 4.67. The van der Waals surface area contributed by atoms with Crippen molar-refractivity contribution in [3.05, 3.63) is 40.4 Å². The topological polar surface area (TPSA) is 37.9 Å². The molecule has 88 valence electrons. The Morgan fingerprint density at radius 1 is 1.18 bits per heavy atom. The number of aryl methyl sites for hydroxylation is 2. The van der Waals surface area contributed by atoms with Crippen molar-refractivity contribution in [2.45, 2.75) is 13.8 Å². The average molecular weight is 246 g/mol. The number of benzene rings is 1. The van der Waals surface area contributed by atoms with Gasteiger partial charge in [-0.3, -0.25) is 0 Å². The summed E-state index contributed by atoms with van der Waals surface area (Å²) in [5.74, 6) is 0.894. The van der Waals surface area contributed by atoms with E-state index in [-0.39, 0.29) is 0 Å². The van der Waals surface area contributed by atoms with Gasteiger partial charge >= 0.3 is 0 Å². The molecular formula is C13H14N2OS. The number of H-pyrrole nitrogens is 1. The molecule has 4 heteroatoms. The lowest BCUT2D eigenvalue weighted by Gasteiger charge is -2.11. The summed E-state index contributed by atoms with van der Waals surface area (Å²) in [6.45, 7) is 4.06. The van der Waals surface area contributed by atoms with Crippen LogP contribution in [0.25, 0.3) is 11.1 Å². The van der Waals surface area contributed by atoms with Crippen molar-refractivity contribution in [3.8, 4) is 16.9 Å². The largest absolute Gasteiger partial charge is 0.496 e. The second-order valence-electron chi connectivity index (χ2n) is 3.93. The van der Waals surface area contributed by atoms with Crippen LogP contribution in [-0.2, 0) is 0 Å². The van der Waals surface area contributed by atoms with E-state index in [1.807, 2.05) is 19.9 Å². The molecule has 1 aromatic carbocycles. The smallest absolute Gasteiger partial charge is 0.122 e. The molecule has 17 heavy (non-hydrogen) atoms. The van der Waals surface area contributed by atoms with E-state index in [2.05, 4.69) is 16.0 Å². The van der Waals surface area contributed by atoms with Crippen molar-refractivity contribution < 1.29 is 4.74 Å². The van der Waals surface area contributed by atoms with Gasteiger partial charge in [0.2, 0.25) is 0 Å². The molecule has 0 spiro atoms. The minimum absolute atomic E-state index is 0.702. The van der Waals surface area contributed by atoms with Crippen molar-refractivity contribution in [2.75, 3.05) is 7.11 Å². The molecule has 0 aliphatic heterocycles. The van der Waals surface area contributed by atoms with Crippen molar-refractivity contribution in [2.24, 2.45) is 0 Å². The summed E-state index contributed by atoms with van der Waals surface area (Å²) in [5.41, 5.74) is 4.26. The maximum absolute atomic E-state index is 5.30. The van der Waals surface area contributed by atoms with Crippen LogP contribution >= 0.6 is 12.2 Å². The average Bonchev–Trinajstić information content (AvgIpc) is 2.32. The van der Waals surface area contributed by atoms with E-state index in [1.54, 1.807) is 19.6 Å². The maximum atomic E-state index is 5.30. The minimum atomic E-state index is 0.702. The fourth-order valence-corrected chi connectivity index (χ4v) is 2.05. The summed E-state index contributed by atoms with van der Waals surface area (Å²) >= 11 is 5.27. The number of aromatic nitrogens is 2. The third-order valence-electron chi connectivity index (χ3n) is 2.75. The Labute approximate surface area is 105 Å².